The van der Waals surface area contributed by atoms with Gasteiger partial charge in [-0.2, -0.15) is 0 Å². The number of benzene rings is 1. The number of hydrogen-bond acceptors (Lipinski definition) is 6. The Balaban J connectivity index is 1.30. The summed E-state index contributed by atoms with van der Waals surface area (Å²) < 4.78 is 0. The molecule has 2 unspecified atom stereocenters. The number of rotatable bonds is 6. The van der Waals surface area contributed by atoms with Crippen molar-refractivity contribution in [2.45, 2.75) is 12.8 Å². The summed E-state index contributed by atoms with van der Waals surface area (Å²) in [6.07, 6.45) is 6.31. The topological polar surface area (TPSA) is 104 Å². The van der Waals surface area contributed by atoms with Crippen molar-refractivity contribution in [3.63, 3.8) is 0 Å². The van der Waals surface area contributed by atoms with Gasteiger partial charge in [0.05, 0.1) is 26.8 Å². The number of amides is 5. The Morgan fingerprint density at radius 1 is 1.03 bits per heavy atom. The zero-order valence-electron chi connectivity index (χ0n) is 17.3. The van der Waals surface area contributed by atoms with E-state index in [4.69, 9.17) is 23.2 Å². The molecule has 0 aromatic heterocycles. The van der Waals surface area contributed by atoms with Gasteiger partial charge in [0.15, 0.2) is 0 Å². The van der Waals surface area contributed by atoms with E-state index in [0.717, 1.165) is 21.6 Å². The maximum absolute atomic E-state index is 12.6. The lowest BCUT2D eigenvalue weighted by Gasteiger charge is -2.16. The molecule has 2 heterocycles. The van der Waals surface area contributed by atoms with E-state index in [1.807, 2.05) is 12.2 Å². The van der Waals surface area contributed by atoms with Crippen LogP contribution in [-0.2, 0) is 19.2 Å². The fourth-order valence-corrected chi connectivity index (χ4v) is 5.15. The molecule has 5 amide bonds. The standard InChI is InChI=1S/C22H19Cl2N3O5S/c23-15-6-5-12(9-16(15)24)10-17-21(31)26(22(32)33-17)8-7-25-18(28)11-27-19(29)13-3-1-2-4-14(13)20(27)30/h1-2,5-6,9-10,13-14H,3-4,7-8,11H2,(H,25,28). The van der Waals surface area contributed by atoms with Gasteiger partial charge in [-0.25, -0.2) is 0 Å². The van der Waals surface area contributed by atoms with Crippen molar-refractivity contribution < 1.29 is 24.0 Å². The lowest BCUT2D eigenvalue weighted by Crippen LogP contribution is -2.43. The maximum atomic E-state index is 12.6. The molecule has 3 aliphatic rings. The average molecular weight is 508 g/mol. The Hall–Kier alpha value is -2.62. The fraction of sp³-hybridized carbons (Fsp3) is 0.318. The van der Waals surface area contributed by atoms with Crippen LogP contribution in [0, 0.1) is 11.8 Å². The number of thioether (sulfide) groups is 1. The van der Waals surface area contributed by atoms with Crippen molar-refractivity contribution >= 4 is 69.9 Å². The van der Waals surface area contributed by atoms with Gasteiger partial charge in [0.2, 0.25) is 17.7 Å². The number of fused-ring (bicyclic) bond motifs is 1. The van der Waals surface area contributed by atoms with Crippen LogP contribution in [0.15, 0.2) is 35.3 Å². The molecule has 0 spiro atoms. The molecule has 8 nitrogen and oxygen atoms in total. The van der Waals surface area contributed by atoms with E-state index in [1.54, 1.807) is 24.3 Å². The number of hydrogen-bond donors (Lipinski definition) is 1. The number of nitrogens with one attached hydrogen (secondary N) is 1. The molecule has 4 rings (SSSR count). The molecule has 2 fully saturated rings. The third-order valence-corrected chi connectivity index (χ3v) is 7.32. The quantitative estimate of drug-likeness (QED) is 0.360. The van der Waals surface area contributed by atoms with Gasteiger partial charge in [-0.15, -0.1) is 0 Å². The van der Waals surface area contributed by atoms with Crippen molar-refractivity contribution in [2.24, 2.45) is 11.8 Å². The fourth-order valence-electron chi connectivity index (χ4n) is 3.98. The monoisotopic (exact) mass is 507 g/mol. The molecule has 0 radical (unpaired) electrons. The number of allylic oxidation sites excluding steroid dienone is 2. The summed E-state index contributed by atoms with van der Waals surface area (Å²) in [7, 11) is 0. The van der Waals surface area contributed by atoms with E-state index in [-0.39, 0.29) is 36.4 Å². The van der Waals surface area contributed by atoms with E-state index in [9.17, 15) is 24.0 Å². The molecule has 172 valence electrons. The normalized spacial score (nSPS) is 23.6. The van der Waals surface area contributed by atoms with Gasteiger partial charge in [-0.1, -0.05) is 41.4 Å². The molecule has 0 bridgehead atoms. The van der Waals surface area contributed by atoms with Crippen molar-refractivity contribution in [3.8, 4) is 0 Å². The molecule has 1 N–H and O–H groups in total. The highest BCUT2D eigenvalue weighted by Gasteiger charge is 2.47. The largest absolute Gasteiger partial charge is 0.353 e. The van der Waals surface area contributed by atoms with Crippen LogP contribution in [0.1, 0.15) is 18.4 Å². The predicted octanol–water partition coefficient (Wildman–Crippen LogP) is 3.10. The first-order chi connectivity index (χ1) is 15.8. The lowest BCUT2D eigenvalue weighted by molar-refractivity contribution is -0.143. The van der Waals surface area contributed by atoms with Gasteiger partial charge in [0.1, 0.15) is 6.54 Å². The molecule has 1 aromatic rings. The number of carbonyl (C=O) groups excluding carboxylic acids is 5. The third kappa shape index (κ3) is 4.85. The molecule has 2 aliphatic heterocycles. The molecule has 2 atom stereocenters. The Bertz CT molecular complexity index is 1090. The van der Waals surface area contributed by atoms with Crippen molar-refractivity contribution in [1.29, 1.82) is 0 Å². The van der Waals surface area contributed by atoms with Crippen molar-refractivity contribution in [2.75, 3.05) is 19.6 Å². The molecular formula is C22H19Cl2N3O5S. The third-order valence-electron chi connectivity index (χ3n) is 5.67. The van der Waals surface area contributed by atoms with E-state index in [2.05, 4.69) is 5.32 Å². The van der Waals surface area contributed by atoms with E-state index < -0.39 is 28.9 Å². The summed E-state index contributed by atoms with van der Waals surface area (Å²) in [6.45, 7) is -0.405. The molecule has 1 aliphatic carbocycles. The first kappa shape index (κ1) is 23.5. The first-order valence-electron chi connectivity index (χ1n) is 10.2. The van der Waals surface area contributed by atoms with Gasteiger partial charge >= 0.3 is 0 Å². The van der Waals surface area contributed by atoms with E-state index >= 15 is 0 Å². The zero-order valence-corrected chi connectivity index (χ0v) is 19.6. The number of likely N-dealkylation sites (tertiary alicyclic amines) is 1. The Morgan fingerprint density at radius 2 is 1.70 bits per heavy atom. The maximum Gasteiger partial charge on any atom is 0.293 e. The second-order valence-electron chi connectivity index (χ2n) is 7.78. The Kier molecular flexibility index (Phi) is 6.92. The van der Waals surface area contributed by atoms with Gasteiger partial charge in [-0.05, 0) is 48.4 Å². The van der Waals surface area contributed by atoms with Gasteiger partial charge < -0.3 is 5.32 Å². The molecule has 2 saturated heterocycles. The summed E-state index contributed by atoms with van der Waals surface area (Å²) in [6, 6.07) is 4.86. The summed E-state index contributed by atoms with van der Waals surface area (Å²) in [4.78, 5) is 64.3. The van der Waals surface area contributed by atoms with E-state index in [0.29, 0.717) is 28.5 Å². The average Bonchev–Trinajstić information content (AvgIpc) is 3.19. The minimum atomic E-state index is -0.526. The molecular weight excluding hydrogens is 489 g/mol. The van der Waals surface area contributed by atoms with Crippen LogP contribution in [0.25, 0.3) is 6.08 Å². The van der Waals surface area contributed by atoms with Crippen LogP contribution in [-0.4, -0.2) is 58.3 Å². The van der Waals surface area contributed by atoms with Gasteiger partial charge in [0, 0.05) is 13.1 Å². The number of imide groups is 2. The smallest absolute Gasteiger partial charge is 0.293 e. The van der Waals surface area contributed by atoms with Crippen LogP contribution in [0.2, 0.25) is 10.0 Å². The summed E-state index contributed by atoms with van der Waals surface area (Å²) in [5.41, 5.74) is 0.624. The highest BCUT2D eigenvalue weighted by atomic mass is 35.5. The minimum Gasteiger partial charge on any atom is -0.353 e. The van der Waals surface area contributed by atoms with Crippen molar-refractivity contribution in [1.82, 2.24) is 15.1 Å². The molecule has 1 aromatic carbocycles. The first-order valence-corrected chi connectivity index (χ1v) is 11.8. The van der Waals surface area contributed by atoms with E-state index in [1.165, 1.54) is 0 Å². The van der Waals surface area contributed by atoms with Gasteiger partial charge in [0.25, 0.3) is 11.1 Å². The number of carbonyl (C=O) groups is 5. The van der Waals surface area contributed by atoms with Crippen LogP contribution in [0.5, 0.6) is 0 Å². The summed E-state index contributed by atoms with van der Waals surface area (Å²) in [5.74, 6) is -2.46. The molecule has 0 saturated carbocycles. The number of halogens is 2. The molecule has 33 heavy (non-hydrogen) atoms. The number of nitrogens with zero attached hydrogens (tertiary/aromatic N) is 2. The zero-order chi connectivity index (χ0) is 23.7. The summed E-state index contributed by atoms with van der Waals surface area (Å²) in [5, 5.41) is 2.83. The van der Waals surface area contributed by atoms with Crippen molar-refractivity contribution in [3.05, 3.63) is 50.9 Å². The predicted molar refractivity (Wildman–Crippen MR) is 124 cm³/mol. The lowest BCUT2D eigenvalue weighted by atomic mass is 9.85. The highest BCUT2D eigenvalue weighted by molar-refractivity contribution is 8.18. The van der Waals surface area contributed by atoms with Crippen LogP contribution >= 0.6 is 35.0 Å². The van der Waals surface area contributed by atoms with Crippen LogP contribution < -0.4 is 5.32 Å². The highest BCUT2D eigenvalue weighted by Crippen LogP contribution is 2.35. The SMILES string of the molecule is O=C(CN1C(=O)C2CC=CCC2C1=O)NCCN1C(=O)SC(=Cc2ccc(Cl)c(Cl)c2)C1=O. The second kappa shape index (κ2) is 9.70. The van der Waals surface area contributed by atoms with Crippen LogP contribution in [0.4, 0.5) is 4.79 Å². The van der Waals surface area contributed by atoms with Gasteiger partial charge in [-0.3, -0.25) is 33.8 Å². The van der Waals surface area contributed by atoms with Crippen LogP contribution in [0.3, 0.4) is 0 Å². The minimum absolute atomic E-state index is 0.00155. The second-order valence-corrected chi connectivity index (χ2v) is 9.58. The Morgan fingerprint density at radius 3 is 2.33 bits per heavy atom. The Labute approximate surface area is 203 Å². The summed E-state index contributed by atoms with van der Waals surface area (Å²) >= 11 is 12.7. The molecule has 11 heteroatoms.